The van der Waals surface area contributed by atoms with E-state index in [-0.39, 0.29) is 22.4 Å². The van der Waals surface area contributed by atoms with Crippen molar-refractivity contribution in [2.45, 2.75) is 6.92 Å². The van der Waals surface area contributed by atoms with E-state index in [1.165, 1.54) is 11.8 Å². The average molecular weight is 375 g/mol. The number of nitrogens with one attached hydrogen (secondary N) is 1. The van der Waals surface area contributed by atoms with Crippen LogP contribution in [0.25, 0.3) is 6.08 Å². The van der Waals surface area contributed by atoms with Gasteiger partial charge in [-0.15, -0.1) is 0 Å². The smallest absolute Gasteiger partial charge is 0.286 e. The zero-order valence-corrected chi connectivity index (χ0v) is 14.9. The fourth-order valence-electron chi connectivity index (χ4n) is 2.20. The lowest BCUT2D eigenvalue weighted by atomic mass is 10.2. The van der Waals surface area contributed by atoms with Crippen LogP contribution in [-0.4, -0.2) is 22.8 Å². The molecule has 0 bridgehead atoms. The largest absolute Gasteiger partial charge is 0.503 e. The minimum Gasteiger partial charge on any atom is -0.503 e. The SMILES string of the molecule is CCOc1cc(/C=C2\SC(Nc3ccccc3)=NC2=O)cc(Cl)c1O. The number of benzene rings is 2. The number of hydrogen-bond donors (Lipinski definition) is 2. The van der Waals surface area contributed by atoms with Gasteiger partial charge in [0.25, 0.3) is 5.91 Å². The molecule has 0 saturated carbocycles. The molecule has 0 aromatic heterocycles. The highest BCUT2D eigenvalue weighted by atomic mass is 35.5. The monoisotopic (exact) mass is 374 g/mol. The van der Waals surface area contributed by atoms with Gasteiger partial charge < -0.3 is 15.2 Å². The van der Waals surface area contributed by atoms with E-state index < -0.39 is 0 Å². The fourth-order valence-corrected chi connectivity index (χ4v) is 3.25. The number of halogens is 1. The third kappa shape index (κ3) is 4.15. The van der Waals surface area contributed by atoms with Crippen molar-refractivity contribution in [2.75, 3.05) is 11.9 Å². The Hall–Kier alpha value is -2.44. The van der Waals surface area contributed by atoms with Crippen LogP contribution in [0.5, 0.6) is 11.5 Å². The molecule has 3 rings (SSSR count). The lowest BCUT2D eigenvalue weighted by Crippen LogP contribution is -2.04. The first-order chi connectivity index (χ1) is 12.1. The van der Waals surface area contributed by atoms with Crippen molar-refractivity contribution in [1.29, 1.82) is 0 Å². The van der Waals surface area contributed by atoms with Gasteiger partial charge in [0.15, 0.2) is 16.7 Å². The topological polar surface area (TPSA) is 70.9 Å². The Bertz CT molecular complexity index is 866. The molecule has 7 heteroatoms. The van der Waals surface area contributed by atoms with E-state index in [1.807, 2.05) is 37.3 Å². The highest BCUT2D eigenvalue weighted by molar-refractivity contribution is 8.18. The minimum absolute atomic E-state index is 0.112. The standard InChI is InChI=1S/C18H15ClN2O3S/c1-2-24-14-9-11(8-13(19)16(14)22)10-15-17(23)21-18(25-15)20-12-6-4-3-5-7-12/h3-10,22H,2H2,1H3,(H,20,21,23)/b15-10-. The van der Waals surface area contributed by atoms with Crippen LogP contribution in [0.4, 0.5) is 5.69 Å². The molecule has 1 heterocycles. The van der Waals surface area contributed by atoms with Gasteiger partial charge in [0.2, 0.25) is 0 Å². The van der Waals surface area contributed by atoms with Gasteiger partial charge in [0, 0.05) is 5.69 Å². The lowest BCUT2D eigenvalue weighted by Gasteiger charge is -2.08. The second-order valence-electron chi connectivity index (χ2n) is 5.11. The molecular weight excluding hydrogens is 360 g/mol. The predicted octanol–water partition coefficient (Wildman–Crippen LogP) is 4.53. The number of carbonyl (C=O) groups excluding carboxylic acids is 1. The molecule has 0 saturated heterocycles. The van der Waals surface area contributed by atoms with Crippen molar-refractivity contribution in [1.82, 2.24) is 0 Å². The molecule has 25 heavy (non-hydrogen) atoms. The summed E-state index contributed by atoms with van der Waals surface area (Å²) < 4.78 is 5.35. The number of hydrogen-bond acceptors (Lipinski definition) is 5. The number of phenols is 1. The number of carbonyl (C=O) groups is 1. The molecule has 0 aliphatic carbocycles. The van der Waals surface area contributed by atoms with Gasteiger partial charge >= 0.3 is 0 Å². The number of thioether (sulfide) groups is 1. The summed E-state index contributed by atoms with van der Waals surface area (Å²) in [7, 11) is 0. The fraction of sp³-hybridized carbons (Fsp3) is 0.111. The number of rotatable bonds is 4. The second kappa shape index (κ2) is 7.63. The molecule has 2 N–H and O–H groups in total. The maximum absolute atomic E-state index is 12.1. The minimum atomic E-state index is -0.328. The number of nitrogens with zero attached hydrogens (tertiary/aromatic N) is 1. The number of ether oxygens (including phenoxy) is 1. The molecule has 0 fully saturated rings. The van der Waals surface area contributed by atoms with Crippen molar-refractivity contribution >= 4 is 46.2 Å². The summed E-state index contributed by atoms with van der Waals surface area (Å²) in [6.45, 7) is 2.20. The lowest BCUT2D eigenvalue weighted by molar-refractivity contribution is -0.113. The first kappa shape index (κ1) is 17.4. The first-order valence-electron chi connectivity index (χ1n) is 7.56. The van der Waals surface area contributed by atoms with E-state index in [2.05, 4.69) is 10.3 Å². The van der Waals surface area contributed by atoms with Gasteiger partial charge in [-0.3, -0.25) is 4.79 Å². The molecule has 2 aromatic carbocycles. The van der Waals surface area contributed by atoms with Gasteiger partial charge in [0.1, 0.15) is 0 Å². The van der Waals surface area contributed by atoms with Crippen LogP contribution in [0.2, 0.25) is 5.02 Å². The van der Waals surface area contributed by atoms with Crippen LogP contribution < -0.4 is 10.1 Å². The molecule has 0 atom stereocenters. The summed E-state index contributed by atoms with van der Waals surface area (Å²) in [5.74, 6) is -0.162. The number of aliphatic imine (C=N–C) groups is 1. The van der Waals surface area contributed by atoms with E-state index in [9.17, 15) is 9.90 Å². The summed E-state index contributed by atoms with van der Waals surface area (Å²) in [5.41, 5.74) is 1.51. The number of anilines is 1. The molecular formula is C18H15ClN2O3S. The zero-order valence-electron chi connectivity index (χ0n) is 13.3. The summed E-state index contributed by atoms with van der Waals surface area (Å²) in [4.78, 5) is 16.6. The van der Waals surface area contributed by atoms with E-state index in [1.54, 1.807) is 18.2 Å². The van der Waals surface area contributed by atoms with Crippen LogP contribution in [-0.2, 0) is 4.79 Å². The van der Waals surface area contributed by atoms with Gasteiger partial charge in [-0.25, -0.2) is 0 Å². The average Bonchev–Trinajstić information content (AvgIpc) is 2.92. The molecule has 1 aliphatic rings. The van der Waals surface area contributed by atoms with Crippen molar-refractivity contribution < 1.29 is 14.6 Å². The maximum Gasteiger partial charge on any atom is 0.286 e. The number of amides is 1. The quantitative estimate of drug-likeness (QED) is 0.769. The molecule has 1 amide bonds. The Morgan fingerprint density at radius 3 is 2.80 bits per heavy atom. The molecule has 2 aromatic rings. The maximum atomic E-state index is 12.1. The van der Waals surface area contributed by atoms with Crippen LogP contribution in [0.3, 0.4) is 0 Å². The Morgan fingerprint density at radius 1 is 1.32 bits per heavy atom. The van der Waals surface area contributed by atoms with Gasteiger partial charge in [-0.05, 0) is 54.6 Å². The first-order valence-corrected chi connectivity index (χ1v) is 8.76. The number of aromatic hydroxyl groups is 1. The van der Waals surface area contributed by atoms with E-state index in [0.717, 1.165) is 5.69 Å². The Balaban J connectivity index is 1.80. The van der Waals surface area contributed by atoms with E-state index in [0.29, 0.717) is 22.2 Å². The molecule has 0 unspecified atom stereocenters. The number of para-hydroxylation sites is 1. The molecule has 1 aliphatic heterocycles. The van der Waals surface area contributed by atoms with Crippen LogP contribution in [0, 0.1) is 0 Å². The summed E-state index contributed by atoms with van der Waals surface area (Å²) >= 11 is 7.26. The summed E-state index contributed by atoms with van der Waals surface area (Å²) in [6, 6.07) is 12.7. The third-order valence-electron chi connectivity index (χ3n) is 3.29. The number of phenolic OH excluding ortho intramolecular Hbond substituents is 1. The highest BCUT2D eigenvalue weighted by Crippen LogP contribution is 2.37. The number of amidine groups is 1. The molecule has 128 valence electrons. The van der Waals surface area contributed by atoms with Crippen molar-refractivity contribution in [3.05, 3.63) is 58.0 Å². The molecule has 5 nitrogen and oxygen atoms in total. The summed E-state index contributed by atoms with van der Waals surface area (Å²) in [6.07, 6.45) is 1.67. The van der Waals surface area contributed by atoms with E-state index in [4.69, 9.17) is 16.3 Å². The van der Waals surface area contributed by atoms with Crippen molar-refractivity contribution in [2.24, 2.45) is 4.99 Å². The molecule has 0 spiro atoms. The van der Waals surface area contributed by atoms with E-state index >= 15 is 0 Å². The van der Waals surface area contributed by atoms with Gasteiger partial charge in [-0.2, -0.15) is 4.99 Å². The second-order valence-corrected chi connectivity index (χ2v) is 6.54. The normalized spacial score (nSPS) is 15.4. The highest BCUT2D eigenvalue weighted by Gasteiger charge is 2.22. The zero-order chi connectivity index (χ0) is 17.8. The van der Waals surface area contributed by atoms with Crippen LogP contribution in [0.1, 0.15) is 12.5 Å². The van der Waals surface area contributed by atoms with Crippen LogP contribution >= 0.6 is 23.4 Å². The Kier molecular flexibility index (Phi) is 5.31. The third-order valence-corrected chi connectivity index (χ3v) is 4.48. The predicted molar refractivity (Wildman–Crippen MR) is 102 cm³/mol. The van der Waals surface area contributed by atoms with Crippen molar-refractivity contribution in [3.8, 4) is 11.5 Å². The van der Waals surface area contributed by atoms with Gasteiger partial charge in [0.05, 0.1) is 16.5 Å². The molecule has 0 radical (unpaired) electrons. The Labute approximate surface area is 154 Å². The van der Waals surface area contributed by atoms with Gasteiger partial charge in [-0.1, -0.05) is 29.8 Å². The van der Waals surface area contributed by atoms with Crippen LogP contribution in [0.15, 0.2) is 52.4 Å². The summed E-state index contributed by atoms with van der Waals surface area (Å²) in [5, 5.41) is 13.7. The van der Waals surface area contributed by atoms with Crippen molar-refractivity contribution in [3.63, 3.8) is 0 Å². The Morgan fingerprint density at radius 2 is 2.08 bits per heavy atom.